The maximum absolute atomic E-state index is 13.4. The van der Waals surface area contributed by atoms with Gasteiger partial charge in [0.15, 0.2) is 11.5 Å². The number of thiophene rings is 1. The van der Waals surface area contributed by atoms with E-state index in [9.17, 15) is 13.2 Å². The lowest BCUT2D eigenvalue weighted by atomic mass is 9.90. The molecule has 33 heavy (non-hydrogen) atoms. The number of ether oxygens (including phenoxy) is 3. The Morgan fingerprint density at radius 3 is 2.39 bits per heavy atom. The van der Waals surface area contributed by atoms with E-state index in [4.69, 9.17) is 14.2 Å². The molecule has 1 atom stereocenters. The summed E-state index contributed by atoms with van der Waals surface area (Å²) in [7, 11) is -0.738. The van der Waals surface area contributed by atoms with E-state index < -0.39 is 9.84 Å². The van der Waals surface area contributed by atoms with Crippen molar-refractivity contribution >= 4 is 32.8 Å². The molecule has 9 heteroatoms. The number of rotatable bonds is 7. The Hall–Kier alpha value is -3.04. The van der Waals surface area contributed by atoms with Crippen LogP contribution in [-0.2, 0) is 14.6 Å². The normalized spacial score (nSPS) is 15.7. The van der Waals surface area contributed by atoms with Gasteiger partial charge in [-0.05, 0) is 55.8 Å². The number of hydrogen-bond acceptors (Lipinski definition) is 7. The first-order valence-corrected chi connectivity index (χ1v) is 12.8. The topological polar surface area (TPSA) is 90.9 Å². The van der Waals surface area contributed by atoms with Crippen LogP contribution in [0.2, 0.25) is 0 Å². The quantitative estimate of drug-likeness (QED) is 0.512. The highest BCUT2D eigenvalue weighted by Gasteiger charge is 2.34. The Bertz CT molecular complexity index is 1280. The fourth-order valence-corrected chi connectivity index (χ4v) is 6.72. The lowest BCUT2D eigenvalue weighted by Crippen LogP contribution is -2.23. The van der Waals surface area contributed by atoms with Crippen LogP contribution in [0.3, 0.4) is 0 Å². The van der Waals surface area contributed by atoms with E-state index in [1.54, 1.807) is 24.6 Å². The van der Waals surface area contributed by atoms with Crippen molar-refractivity contribution < 1.29 is 27.4 Å². The molecule has 0 fully saturated rings. The van der Waals surface area contributed by atoms with Gasteiger partial charge in [-0.2, -0.15) is 0 Å². The molecule has 0 unspecified atom stereocenters. The standard InChI is InChI=1S/C24H25NO6S2/c1-14(2)31-20-11-15(5-10-19(20)30-4)18-12-22(26)25-23-21(13-32-24(18)23)33(27,28)17-8-6-16(29-3)7-9-17/h5-11,13-14,18H,12H2,1-4H3,(H,25,26)/t18-/m0/s1. The van der Waals surface area contributed by atoms with Crippen LogP contribution in [-0.4, -0.2) is 34.6 Å². The molecule has 1 aromatic heterocycles. The number of amides is 1. The van der Waals surface area contributed by atoms with Crippen molar-refractivity contribution in [1.82, 2.24) is 0 Å². The molecule has 1 N–H and O–H groups in total. The van der Waals surface area contributed by atoms with Crippen LogP contribution in [0.5, 0.6) is 17.2 Å². The Morgan fingerprint density at radius 1 is 1.03 bits per heavy atom. The first kappa shape index (κ1) is 23.1. The third-order valence-electron chi connectivity index (χ3n) is 5.37. The number of sulfone groups is 1. The molecular weight excluding hydrogens is 462 g/mol. The lowest BCUT2D eigenvalue weighted by Gasteiger charge is -2.25. The van der Waals surface area contributed by atoms with Crippen molar-refractivity contribution in [1.29, 1.82) is 0 Å². The molecule has 0 saturated carbocycles. The smallest absolute Gasteiger partial charge is 0.225 e. The molecule has 0 aliphatic carbocycles. The van der Waals surface area contributed by atoms with Crippen molar-refractivity contribution in [2.24, 2.45) is 0 Å². The number of benzene rings is 2. The van der Waals surface area contributed by atoms with Crippen LogP contribution >= 0.6 is 11.3 Å². The highest BCUT2D eigenvalue weighted by Crippen LogP contribution is 2.47. The third kappa shape index (κ3) is 4.43. The number of nitrogens with one attached hydrogen (secondary N) is 1. The third-order valence-corrected chi connectivity index (χ3v) is 8.41. The Labute approximate surface area is 197 Å². The second-order valence-electron chi connectivity index (χ2n) is 7.90. The van der Waals surface area contributed by atoms with Gasteiger partial charge in [-0.1, -0.05) is 6.07 Å². The fraction of sp³-hybridized carbons (Fsp3) is 0.292. The van der Waals surface area contributed by atoms with Crippen molar-refractivity contribution in [3.05, 3.63) is 58.3 Å². The van der Waals surface area contributed by atoms with Crippen molar-refractivity contribution in [2.45, 2.75) is 42.1 Å². The Balaban J connectivity index is 1.77. The number of carbonyl (C=O) groups excluding carboxylic acids is 1. The SMILES string of the molecule is COc1ccc(S(=O)(=O)c2csc3c2NC(=O)C[C@H]3c2ccc(OC)c(OC(C)C)c2)cc1. The fourth-order valence-electron chi connectivity index (χ4n) is 3.81. The minimum atomic E-state index is -3.83. The van der Waals surface area contributed by atoms with Gasteiger partial charge in [-0.3, -0.25) is 4.79 Å². The molecule has 7 nitrogen and oxygen atoms in total. The molecule has 0 spiro atoms. The largest absolute Gasteiger partial charge is 0.497 e. The van der Waals surface area contributed by atoms with Crippen LogP contribution < -0.4 is 19.5 Å². The molecule has 174 valence electrons. The van der Waals surface area contributed by atoms with E-state index >= 15 is 0 Å². The molecule has 0 saturated heterocycles. The molecule has 0 bridgehead atoms. The molecule has 2 heterocycles. The average Bonchev–Trinajstić information content (AvgIpc) is 3.22. The van der Waals surface area contributed by atoms with Crippen LogP contribution in [0.4, 0.5) is 5.69 Å². The molecule has 3 aromatic rings. The van der Waals surface area contributed by atoms with Gasteiger partial charge in [-0.25, -0.2) is 8.42 Å². The number of carbonyl (C=O) groups is 1. The molecule has 1 aliphatic rings. The summed E-state index contributed by atoms with van der Waals surface area (Å²) >= 11 is 1.33. The first-order chi connectivity index (χ1) is 15.7. The predicted octanol–water partition coefficient (Wildman–Crippen LogP) is 4.86. The van der Waals surface area contributed by atoms with Crippen LogP contribution in [0.15, 0.2) is 57.6 Å². The van der Waals surface area contributed by atoms with E-state index in [1.807, 2.05) is 32.0 Å². The van der Waals surface area contributed by atoms with Gasteiger partial charge in [-0.15, -0.1) is 11.3 Å². The summed E-state index contributed by atoms with van der Waals surface area (Å²) in [4.78, 5) is 13.6. The number of anilines is 1. The zero-order valence-electron chi connectivity index (χ0n) is 18.7. The van der Waals surface area contributed by atoms with Gasteiger partial charge in [0.2, 0.25) is 15.7 Å². The molecule has 1 aliphatic heterocycles. The van der Waals surface area contributed by atoms with Gasteiger partial charge >= 0.3 is 0 Å². The minimum absolute atomic E-state index is 0.0534. The molecular formula is C24H25NO6S2. The number of fused-ring (bicyclic) bond motifs is 1. The maximum Gasteiger partial charge on any atom is 0.225 e. The monoisotopic (exact) mass is 487 g/mol. The predicted molar refractivity (Wildman–Crippen MR) is 127 cm³/mol. The van der Waals surface area contributed by atoms with Crippen molar-refractivity contribution in [2.75, 3.05) is 19.5 Å². The molecule has 1 amide bonds. The van der Waals surface area contributed by atoms with Gasteiger partial charge < -0.3 is 19.5 Å². The zero-order chi connectivity index (χ0) is 23.8. The molecule has 4 rings (SSSR count). The van der Waals surface area contributed by atoms with Crippen LogP contribution in [0, 0.1) is 0 Å². The molecule has 2 aromatic carbocycles. The van der Waals surface area contributed by atoms with Crippen LogP contribution in [0.1, 0.15) is 36.6 Å². The zero-order valence-corrected chi connectivity index (χ0v) is 20.4. The molecule has 0 radical (unpaired) electrons. The average molecular weight is 488 g/mol. The Morgan fingerprint density at radius 2 is 1.76 bits per heavy atom. The second kappa shape index (κ2) is 9.07. The summed E-state index contributed by atoms with van der Waals surface area (Å²) in [6.07, 6.45) is 0.158. The second-order valence-corrected chi connectivity index (χ2v) is 10.7. The highest BCUT2D eigenvalue weighted by atomic mass is 32.2. The van der Waals surface area contributed by atoms with E-state index in [1.165, 1.54) is 30.6 Å². The summed E-state index contributed by atoms with van der Waals surface area (Å²) in [5.74, 6) is 1.22. The maximum atomic E-state index is 13.4. The summed E-state index contributed by atoms with van der Waals surface area (Å²) in [6, 6.07) is 11.8. The lowest BCUT2D eigenvalue weighted by molar-refractivity contribution is -0.116. The van der Waals surface area contributed by atoms with E-state index in [2.05, 4.69) is 5.32 Å². The summed E-state index contributed by atoms with van der Waals surface area (Å²) in [5.41, 5.74) is 1.21. The number of hydrogen-bond donors (Lipinski definition) is 1. The number of methoxy groups -OCH3 is 2. The van der Waals surface area contributed by atoms with Crippen molar-refractivity contribution in [3.63, 3.8) is 0 Å². The van der Waals surface area contributed by atoms with E-state index in [-0.39, 0.29) is 34.1 Å². The van der Waals surface area contributed by atoms with Gasteiger partial charge in [0.05, 0.1) is 30.9 Å². The van der Waals surface area contributed by atoms with Gasteiger partial charge in [0.25, 0.3) is 0 Å². The van der Waals surface area contributed by atoms with E-state index in [0.717, 1.165) is 10.4 Å². The van der Waals surface area contributed by atoms with Crippen LogP contribution in [0.25, 0.3) is 0 Å². The first-order valence-electron chi connectivity index (χ1n) is 10.4. The summed E-state index contributed by atoms with van der Waals surface area (Å²) in [6.45, 7) is 3.85. The van der Waals surface area contributed by atoms with E-state index in [0.29, 0.717) is 22.9 Å². The van der Waals surface area contributed by atoms with Gasteiger partial charge in [0.1, 0.15) is 10.6 Å². The van der Waals surface area contributed by atoms with Crippen molar-refractivity contribution in [3.8, 4) is 17.2 Å². The summed E-state index contributed by atoms with van der Waals surface area (Å²) < 4.78 is 43.1. The van der Waals surface area contributed by atoms with Gasteiger partial charge in [0, 0.05) is 22.6 Å². The minimum Gasteiger partial charge on any atom is -0.497 e. The highest BCUT2D eigenvalue weighted by molar-refractivity contribution is 7.91. The summed E-state index contributed by atoms with van der Waals surface area (Å²) in [5, 5.41) is 4.38. The Kier molecular flexibility index (Phi) is 6.36.